The summed E-state index contributed by atoms with van der Waals surface area (Å²) in [4.78, 5) is 8.13. The highest BCUT2D eigenvalue weighted by atomic mass is 35.5. The minimum Gasteiger partial charge on any atom is -0.366 e. The van der Waals surface area contributed by atoms with E-state index in [-0.39, 0.29) is 11.3 Å². The van der Waals surface area contributed by atoms with Crippen LogP contribution in [0.3, 0.4) is 0 Å². The lowest BCUT2D eigenvalue weighted by Crippen LogP contribution is -2.23. The average molecular weight is 252 g/mol. The molecular formula is C11H14ClN5. The zero-order valence-electron chi connectivity index (χ0n) is 9.76. The van der Waals surface area contributed by atoms with Gasteiger partial charge in [0.25, 0.3) is 0 Å². The van der Waals surface area contributed by atoms with Gasteiger partial charge in [-0.05, 0) is 31.5 Å². The smallest absolute Gasteiger partial charge is 0.224 e. The molecule has 1 unspecified atom stereocenters. The van der Waals surface area contributed by atoms with E-state index in [2.05, 4.69) is 27.3 Å². The Balaban J connectivity index is 2.00. The van der Waals surface area contributed by atoms with E-state index in [1.54, 1.807) is 6.20 Å². The van der Waals surface area contributed by atoms with Crippen LogP contribution in [-0.2, 0) is 6.54 Å². The van der Waals surface area contributed by atoms with Gasteiger partial charge in [-0.25, -0.2) is 9.97 Å². The molecule has 0 aromatic carbocycles. The molecule has 0 saturated heterocycles. The van der Waals surface area contributed by atoms with E-state index in [0.29, 0.717) is 0 Å². The highest BCUT2D eigenvalue weighted by Gasteiger charge is 2.06. The summed E-state index contributed by atoms with van der Waals surface area (Å²) in [7, 11) is 0. The van der Waals surface area contributed by atoms with Gasteiger partial charge in [0.2, 0.25) is 5.28 Å². The zero-order valence-corrected chi connectivity index (χ0v) is 10.5. The van der Waals surface area contributed by atoms with Gasteiger partial charge in [-0.15, -0.1) is 0 Å². The van der Waals surface area contributed by atoms with E-state index in [1.165, 1.54) is 0 Å². The van der Waals surface area contributed by atoms with E-state index >= 15 is 0 Å². The fourth-order valence-electron chi connectivity index (χ4n) is 1.59. The van der Waals surface area contributed by atoms with Gasteiger partial charge in [-0.3, -0.25) is 4.68 Å². The van der Waals surface area contributed by atoms with Crippen molar-refractivity contribution in [3.63, 3.8) is 0 Å². The summed E-state index contributed by atoms with van der Waals surface area (Å²) in [6.07, 6.45) is 3.69. The summed E-state index contributed by atoms with van der Waals surface area (Å²) in [5.74, 6) is 0.738. The van der Waals surface area contributed by atoms with Crippen molar-refractivity contribution >= 4 is 17.4 Å². The maximum Gasteiger partial charge on any atom is 0.224 e. The molecular weight excluding hydrogens is 238 g/mol. The molecule has 2 aromatic heterocycles. The lowest BCUT2D eigenvalue weighted by atomic mass is 10.3. The van der Waals surface area contributed by atoms with Crippen molar-refractivity contribution in [1.29, 1.82) is 0 Å². The molecule has 5 nitrogen and oxygen atoms in total. The molecule has 90 valence electrons. The predicted molar refractivity (Wildman–Crippen MR) is 67.1 cm³/mol. The van der Waals surface area contributed by atoms with Gasteiger partial charge in [-0.1, -0.05) is 0 Å². The summed E-state index contributed by atoms with van der Waals surface area (Å²) in [6.45, 7) is 4.72. The number of aryl methyl sites for hydroxylation is 1. The molecule has 0 spiro atoms. The number of nitrogens with zero attached hydrogens (tertiary/aromatic N) is 4. The number of halogens is 1. The lowest BCUT2D eigenvalue weighted by Gasteiger charge is -2.14. The second-order valence-corrected chi connectivity index (χ2v) is 4.28. The topological polar surface area (TPSA) is 55.6 Å². The molecule has 0 aliphatic rings. The van der Waals surface area contributed by atoms with Crippen LogP contribution in [0.4, 0.5) is 5.82 Å². The molecule has 0 aliphatic carbocycles. The fraction of sp³-hybridized carbons (Fsp3) is 0.364. The first-order valence-electron chi connectivity index (χ1n) is 5.38. The van der Waals surface area contributed by atoms with Gasteiger partial charge in [-0.2, -0.15) is 5.10 Å². The van der Waals surface area contributed by atoms with Crippen molar-refractivity contribution < 1.29 is 0 Å². The first-order chi connectivity index (χ1) is 8.13. The fourth-order valence-corrected chi connectivity index (χ4v) is 1.82. The third-order valence-corrected chi connectivity index (χ3v) is 2.41. The van der Waals surface area contributed by atoms with Crippen molar-refractivity contribution in [2.24, 2.45) is 0 Å². The molecule has 0 amide bonds. The first-order valence-corrected chi connectivity index (χ1v) is 5.76. The van der Waals surface area contributed by atoms with Crippen LogP contribution in [-0.4, -0.2) is 25.8 Å². The number of rotatable bonds is 4. The number of aromatic nitrogens is 4. The average Bonchev–Trinajstić information content (AvgIpc) is 2.67. The maximum absolute atomic E-state index is 5.80. The maximum atomic E-state index is 5.80. The summed E-state index contributed by atoms with van der Waals surface area (Å²) >= 11 is 5.80. The van der Waals surface area contributed by atoms with Crippen molar-refractivity contribution in [2.45, 2.75) is 26.4 Å². The molecule has 2 heterocycles. The Morgan fingerprint density at radius 3 is 2.94 bits per heavy atom. The Kier molecular flexibility index (Phi) is 3.58. The molecule has 0 aliphatic heterocycles. The molecule has 0 fully saturated rings. The Labute approximate surface area is 105 Å². The SMILES string of the molecule is Cc1cc(NC(C)Cn2cccn2)nc(Cl)n1. The Morgan fingerprint density at radius 2 is 2.29 bits per heavy atom. The van der Waals surface area contributed by atoms with E-state index in [9.17, 15) is 0 Å². The van der Waals surface area contributed by atoms with Crippen LogP contribution in [0.2, 0.25) is 5.28 Å². The number of anilines is 1. The number of hydrogen-bond donors (Lipinski definition) is 1. The molecule has 1 atom stereocenters. The summed E-state index contributed by atoms with van der Waals surface area (Å²) in [5, 5.41) is 7.68. The lowest BCUT2D eigenvalue weighted by molar-refractivity contribution is 0.559. The van der Waals surface area contributed by atoms with E-state index in [1.807, 2.05) is 29.9 Å². The van der Waals surface area contributed by atoms with Gasteiger partial charge in [0.15, 0.2) is 0 Å². The van der Waals surface area contributed by atoms with Crippen LogP contribution in [0.15, 0.2) is 24.5 Å². The minimum atomic E-state index is 0.209. The monoisotopic (exact) mass is 251 g/mol. The van der Waals surface area contributed by atoms with Gasteiger partial charge in [0.1, 0.15) is 5.82 Å². The molecule has 2 rings (SSSR count). The molecule has 0 bridgehead atoms. The molecule has 6 heteroatoms. The number of nitrogens with one attached hydrogen (secondary N) is 1. The van der Waals surface area contributed by atoms with Crippen LogP contribution >= 0.6 is 11.6 Å². The minimum absolute atomic E-state index is 0.209. The largest absolute Gasteiger partial charge is 0.366 e. The van der Waals surface area contributed by atoms with Gasteiger partial charge < -0.3 is 5.32 Å². The molecule has 17 heavy (non-hydrogen) atoms. The highest BCUT2D eigenvalue weighted by Crippen LogP contribution is 2.11. The van der Waals surface area contributed by atoms with Crippen molar-refractivity contribution in [2.75, 3.05) is 5.32 Å². The second-order valence-electron chi connectivity index (χ2n) is 3.94. The van der Waals surface area contributed by atoms with Crippen LogP contribution in [0.25, 0.3) is 0 Å². The Morgan fingerprint density at radius 1 is 1.47 bits per heavy atom. The van der Waals surface area contributed by atoms with Gasteiger partial charge >= 0.3 is 0 Å². The van der Waals surface area contributed by atoms with Crippen molar-refractivity contribution in [1.82, 2.24) is 19.7 Å². The van der Waals surface area contributed by atoms with Crippen LogP contribution in [0.5, 0.6) is 0 Å². The quantitative estimate of drug-likeness (QED) is 0.846. The van der Waals surface area contributed by atoms with E-state index < -0.39 is 0 Å². The first kappa shape index (κ1) is 11.9. The number of hydrogen-bond acceptors (Lipinski definition) is 4. The highest BCUT2D eigenvalue weighted by molar-refractivity contribution is 6.28. The molecule has 1 N–H and O–H groups in total. The third-order valence-electron chi connectivity index (χ3n) is 2.24. The predicted octanol–water partition coefficient (Wildman–Crippen LogP) is 2.14. The molecule has 0 saturated carbocycles. The molecule has 2 aromatic rings. The van der Waals surface area contributed by atoms with Crippen LogP contribution in [0, 0.1) is 6.92 Å². The van der Waals surface area contributed by atoms with Crippen molar-refractivity contribution in [3.8, 4) is 0 Å². The zero-order chi connectivity index (χ0) is 12.3. The summed E-state index contributed by atoms with van der Waals surface area (Å²) in [5.41, 5.74) is 0.846. The van der Waals surface area contributed by atoms with E-state index in [4.69, 9.17) is 11.6 Å². The van der Waals surface area contributed by atoms with Crippen LogP contribution < -0.4 is 5.32 Å². The summed E-state index contributed by atoms with van der Waals surface area (Å²) < 4.78 is 1.87. The van der Waals surface area contributed by atoms with Crippen LogP contribution in [0.1, 0.15) is 12.6 Å². The Hall–Kier alpha value is -1.62. The third kappa shape index (κ3) is 3.42. The van der Waals surface area contributed by atoms with E-state index in [0.717, 1.165) is 18.1 Å². The Bertz CT molecular complexity index is 462. The summed E-state index contributed by atoms with van der Waals surface area (Å²) in [6, 6.07) is 3.98. The second kappa shape index (κ2) is 5.14. The molecule has 0 radical (unpaired) electrons. The van der Waals surface area contributed by atoms with Gasteiger partial charge in [0.05, 0.1) is 6.54 Å². The normalized spacial score (nSPS) is 12.4. The standard InChI is InChI=1S/C11H14ClN5/c1-8-6-10(16-11(12)15-8)14-9(2)7-17-5-3-4-13-17/h3-6,9H,7H2,1-2H3,(H,14,15,16). The van der Waals surface area contributed by atoms with Gasteiger partial charge in [0, 0.05) is 30.2 Å². The van der Waals surface area contributed by atoms with Crippen molar-refractivity contribution in [3.05, 3.63) is 35.5 Å².